The summed E-state index contributed by atoms with van der Waals surface area (Å²) in [6, 6.07) is 13.5. The second-order valence-corrected chi connectivity index (χ2v) is 6.28. The fraction of sp³-hybridized carbons (Fsp3) is 0.300. The number of carbonyl (C=O) groups excluding carboxylic acids is 1. The second-order valence-electron chi connectivity index (χ2n) is 6.28. The molecule has 0 unspecified atom stereocenters. The Labute approximate surface area is 148 Å². The number of likely N-dealkylation sites (tertiary alicyclic amines) is 1. The number of para-hydroxylation sites is 1. The molecule has 0 radical (unpaired) electrons. The molecule has 0 amide bonds. The normalized spacial score (nSPS) is 21.6. The molecular weight excluding hydrogens is 314 g/mol. The fourth-order valence-corrected chi connectivity index (χ4v) is 3.62. The van der Waals surface area contributed by atoms with Crippen LogP contribution in [-0.2, 0) is 0 Å². The molecule has 25 heavy (non-hydrogen) atoms. The molecular formula is C20H23N3O2. The summed E-state index contributed by atoms with van der Waals surface area (Å²) in [5.74, 6) is 0.882. The zero-order valence-corrected chi connectivity index (χ0v) is 13.2. The smallest absolute Gasteiger partial charge is 0.190 e. The van der Waals surface area contributed by atoms with E-state index in [1.165, 1.54) is 6.07 Å². The van der Waals surface area contributed by atoms with Crippen LogP contribution in [-0.4, -0.2) is 45.9 Å². The number of carbonyl (C=O) groups is 1. The van der Waals surface area contributed by atoms with Crippen LogP contribution in [0.2, 0.25) is 0 Å². The first kappa shape index (κ1) is 17.0. The van der Waals surface area contributed by atoms with Gasteiger partial charge in [0.05, 0.1) is 5.56 Å². The zero-order chi connectivity index (χ0) is 16.5. The van der Waals surface area contributed by atoms with Gasteiger partial charge in [-0.1, -0.05) is 25.6 Å². The molecule has 5 heteroatoms. The highest BCUT2D eigenvalue weighted by molar-refractivity contribution is 6.06. The van der Waals surface area contributed by atoms with E-state index in [0.717, 1.165) is 25.3 Å². The molecule has 0 aliphatic carbocycles. The average molecular weight is 337 g/mol. The van der Waals surface area contributed by atoms with Gasteiger partial charge in [-0.25, -0.2) is 4.98 Å². The highest BCUT2D eigenvalue weighted by Gasteiger charge is 2.42. The van der Waals surface area contributed by atoms with Crippen molar-refractivity contribution in [3.8, 4) is 5.75 Å². The van der Waals surface area contributed by atoms with Crippen LogP contribution in [0.3, 0.4) is 0 Å². The van der Waals surface area contributed by atoms with Crippen molar-refractivity contribution in [3.63, 3.8) is 0 Å². The number of piperazine rings is 1. The maximum absolute atomic E-state index is 12.2. The number of phenols is 1. The fourth-order valence-electron chi connectivity index (χ4n) is 3.62. The number of nitrogens with zero attached hydrogens (tertiary/aromatic N) is 3. The van der Waals surface area contributed by atoms with Crippen LogP contribution < -0.4 is 4.90 Å². The van der Waals surface area contributed by atoms with E-state index in [0.29, 0.717) is 17.6 Å². The van der Waals surface area contributed by atoms with Gasteiger partial charge in [0.25, 0.3) is 0 Å². The molecule has 2 aliphatic heterocycles. The molecule has 4 rings (SSSR count). The SMILES string of the molecule is C.O=C(/C=C/N1C[C@H]2C[C@@H]1CN2c1ccccn1)c1ccccc1O. The summed E-state index contributed by atoms with van der Waals surface area (Å²) >= 11 is 0. The van der Waals surface area contributed by atoms with Gasteiger partial charge < -0.3 is 14.9 Å². The number of benzene rings is 1. The summed E-state index contributed by atoms with van der Waals surface area (Å²) in [4.78, 5) is 21.2. The van der Waals surface area contributed by atoms with E-state index in [-0.39, 0.29) is 19.0 Å². The summed E-state index contributed by atoms with van der Waals surface area (Å²) in [7, 11) is 0. The molecule has 0 spiro atoms. The third-order valence-corrected chi connectivity index (χ3v) is 4.81. The van der Waals surface area contributed by atoms with Crippen LogP contribution >= 0.6 is 0 Å². The van der Waals surface area contributed by atoms with Gasteiger partial charge in [0.2, 0.25) is 0 Å². The van der Waals surface area contributed by atoms with Crippen molar-refractivity contribution in [1.29, 1.82) is 0 Å². The number of aromatic nitrogens is 1. The van der Waals surface area contributed by atoms with Crippen LogP contribution in [0.1, 0.15) is 24.2 Å². The predicted octanol–water partition coefficient (Wildman–Crippen LogP) is 3.08. The number of aromatic hydroxyl groups is 1. The molecule has 2 saturated heterocycles. The number of phenolic OH excluding ortho intramolecular Hbond substituents is 1. The zero-order valence-electron chi connectivity index (χ0n) is 13.2. The van der Waals surface area contributed by atoms with Gasteiger partial charge in [0.1, 0.15) is 11.6 Å². The van der Waals surface area contributed by atoms with E-state index in [1.54, 1.807) is 24.3 Å². The van der Waals surface area contributed by atoms with Gasteiger partial charge in [-0.3, -0.25) is 4.79 Å². The number of hydrogen-bond donors (Lipinski definition) is 1. The lowest BCUT2D eigenvalue weighted by Crippen LogP contribution is -2.44. The molecule has 5 nitrogen and oxygen atoms in total. The molecule has 2 aromatic rings. The van der Waals surface area contributed by atoms with Gasteiger partial charge in [0.15, 0.2) is 5.78 Å². The van der Waals surface area contributed by atoms with E-state index in [1.807, 2.05) is 30.6 Å². The van der Waals surface area contributed by atoms with Gasteiger partial charge >= 0.3 is 0 Å². The molecule has 3 heterocycles. The van der Waals surface area contributed by atoms with E-state index < -0.39 is 0 Å². The van der Waals surface area contributed by atoms with Crippen LogP contribution in [0, 0.1) is 0 Å². The van der Waals surface area contributed by atoms with Crippen LogP contribution in [0.4, 0.5) is 5.82 Å². The highest BCUT2D eigenvalue weighted by atomic mass is 16.3. The monoisotopic (exact) mass is 337 g/mol. The quantitative estimate of drug-likeness (QED) is 0.686. The number of rotatable bonds is 4. The maximum Gasteiger partial charge on any atom is 0.190 e. The molecule has 130 valence electrons. The Kier molecular flexibility index (Phi) is 4.74. The number of fused-ring (bicyclic) bond motifs is 2. The lowest BCUT2D eigenvalue weighted by Gasteiger charge is -2.34. The number of pyridine rings is 1. The Morgan fingerprint density at radius 2 is 1.92 bits per heavy atom. The van der Waals surface area contributed by atoms with Gasteiger partial charge in [-0.15, -0.1) is 0 Å². The number of allylic oxidation sites excluding steroid dienone is 1. The first-order valence-corrected chi connectivity index (χ1v) is 8.16. The lowest BCUT2D eigenvalue weighted by molar-refractivity contribution is 0.104. The van der Waals surface area contributed by atoms with Crippen molar-refractivity contribution >= 4 is 11.6 Å². The van der Waals surface area contributed by atoms with Crippen LogP contribution in [0.5, 0.6) is 5.75 Å². The van der Waals surface area contributed by atoms with Crippen molar-refractivity contribution in [1.82, 2.24) is 9.88 Å². The van der Waals surface area contributed by atoms with Gasteiger partial charge in [0, 0.05) is 43.6 Å². The van der Waals surface area contributed by atoms with Gasteiger partial charge in [-0.05, 0) is 30.7 Å². The van der Waals surface area contributed by atoms with Crippen molar-refractivity contribution in [2.24, 2.45) is 0 Å². The van der Waals surface area contributed by atoms with Crippen LogP contribution in [0.25, 0.3) is 0 Å². The van der Waals surface area contributed by atoms with Crippen LogP contribution in [0.15, 0.2) is 60.9 Å². The third kappa shape index (κ3) is 3.22. The highest BCUT2D eigenvalue weighted by Crippen LogP contribution is 2.33. The maximum atomic E-state index is 12.2. The predicted molar refractivity (Wildman–Crippen MR) is 98.8 cm³/mol. The molecule has 1 aromatic carbocycles. The molecule has 1 N–H and O–H groups in total. The van der Waals surface area contributed by atoms with Crippen molar-refractivity contribution in [2.45, 2.75) is 25.9 Å². The van der Waals surface area contributed by atoms with E-state index in [4.69, 9.17) is 0 Å². The molecule has 2 fully saturated rings. The minimum atomic E-state index is -0.169. The summed E-state index contributed by atoms with van der Waals surface area (Å²) in [6.07, 6.45) is 6.34. The number of anilines is 1. The van der Waals surface area contributed by atoms with Gasteiger partial charge in [-0.2, -0.15) is 0 Å². The summed E-state index contributed by atoms with van der Waals surface area (Å²) in [5, 5.41) is 9.76. The standard InChI is InChI=1S/C19H19N3O2.CH4/c23-17-6-2-1-5-16(17)18(24)8-10-21-12-15-11-14(21)13-22(15)19-7-3-4-9-20-19;/h1-10,14-15,23H,11-13H2;1H4/b10-8+;/t14-,15-;/m1./s1. The largest absolute Gasteiger partial charge is 0.507 e. The summed E-state index contributed by atoms with van der Waals surface area (Å²) in [6.45, 7) is 1.82. The second kappa shape index (κ2) is 6.97. The first-order valence-electron chi connectivity index (χ1n) is 8.16. The molecule has 2 bridgehead atoms. The minimum Gasteiger partial charge on any atom is -0.507 e. The van der Waals surface area contributed by atoms with E-state index in [9.17, 15) is 9.90 Å². The van der Waals surface area contributed by atoms with Crippen molar-refractivity contribution in [2.75, 3.05) is 18.0 Å². The Morgan fingerprint density at radius 3 is 2.60 bits per heavy atom. The molecule has 1 aromatic heterocycles. The van der Waals surface area contributed by atoms with Crippen molar-refractivity contribution < 1.29 is 9.90 Å². The average Bonchev–Trinajstić information content (AvgIpc) is 3.21. The lowest BCUT2D eigenvalue weighted by atomic mass is 10.1. The third-order valence-electron chi connectivity index (χ3n) is 4.81. The Bertz CT molecular complexity index is 776. The van der Waals surface area contributed by atoms with E-state index in [2.05, 4.69) is 14.8 Å². The Morgan fingerprint density at radius 1 is 1.12 bits per heavy atom. The molecule has 2 aliphatic rings. The number of hydrogen-bond acceptors (Lipinski definition) is 5. The topological polar surface area (TPSA) is 56.7 Å². The minimum absolute atomic E-state index is 0. The molecule has 0 saturated carbocycles. The Hall–Kier alpha value is -2.82. The summed E-state index contributed by atoms with van der Waals surface area (Å²) < 4.78 is 0. The Balaban J connectivity index is 0.00000182. The number of ketones is 1. The summed E-state index contributed by atoms with van der Waals surface area (Å²) in [5.41, 5.74) is 0.341. The molecule has 2 atom stereocenters. The first-order chi connectivity index (χ1) is 11.7. The van der Waals surface area contributed by atoms with Crippen molar-refractivity contribution in [3.05, 3.63) is 66.5 Å². The van der Waals surface area contributed by atoms with E-state index >= 15 is 0 Å².